The Labute approximate surface area is 122 Å². The molecule has 0 saturated carbocycles. The van der Waals surface area contributed by atoms with Gasteiger partial charge in [-0.15, -0.1) is 0 Å². The van der Waals surface area contributed by atoms with Crippen LogP contribution in [0.25, 0.3) is 0 Å². The van der Waals surface area contributed by atoms with Gasteiger partial charge in [-0.05, 0) is 31.5 Å². The van der Waals surface area contributed by atoms with Crippen LogP contribution in [-0.2, 0) is 0 Å². The van der Waals surface area contributed by atoms with Crippen molar-refractivity contribution >= 4 is 40.7 Å². The van der Waals surface area contributed by atoms with E-state index >= 15 is 0 Å². The summed E-state index contributed by atoms with van der Waals surface area (Å²) >= 11 is 12.2. The smallest absolute Gasteiger partial charge is 0.224 e. The minimum Gasteiger partial charge on any atom is -0.354 e. The molecule has 0 aliphatic rings. The van der Waals surface area contributed by atoms with Gasteiger partial charge in [0, 0.05) is 6.54 Å². The van der Waals surface area contributed by atoms with Crippen LogP contribution in [0.1, 0.15) is 12.5 Å². The highest BCUT2D eigenvalue weighted by Crippen LogP contribution is 2.29. The quantitative estimate of drug-likeness (QED) is 0.885. The zero-order valence-electron chi connectivity index (χ0n) is 10.7. The molecule has 2 rings (SSSR count). The Morgan fingerprint density at radius 1 is 1.21 bits per heavy atom. The molecule has 0 amide bonds. The number of hydrogen-bond donors (Lipinski definition) is 2. The molecule has 0 spiro atoms. The molecule has 0 unspecified atom stereocenters. The van der Waals surface area contributed by atoms with Crippen LogP contribution < -0.4 is 10.6 Å². The van der Waals surface area contributed by atoms with E-state index in [4.69, 9.17) is 23.2 Å². The van der Waals surface area contributed by atoms with Crippen LogP contribution in [0, 0.1) is 6.92 Å². The second kappa shape index (κ2) is 6.08. The maximum Gasteiger partial charge on any atom is 0.224 e. The van der Waals surface area contributed by atoms with Crippen molar-refractivity contribution in [3.63, 3.8) is 0 Å². The molecule has 0 atom stereocenters. The summed E-state index contributed by atoms with van der Waals surface area (Å²) in [5.41, 5.74) is 1.85. The number of nitrogens with one attached hydrogen (secondary N) is 2. The van der Waals surface area contributed by atoms with Gasteiger partial charge in [-0.1, -0.05) is 29.3 Å². The molecule has 100 valence electrons. The Balaban J connectivity index is 2.29. The van der Waals surface area contributed by atoms with Crippen molar-refractivity contribution in [2.45, 2.75) is 13.8 Å². The summed E-state index contributed by atoms with van der Waals surface area (Å²) < 4.78 is 0. The fourth-order valence-corrected chi connectivity index (χ4v) is 1.97. The Bertz CT molecular complexity index is 587. The minimum atomic E-state index is 0.443. The summed E-state index contributed by atoms with van der Waals surface area (Å²) in [5, 5.41) is 7.21. The number of benzene rings is 1. The second-order valence-corrected chi connectivity index (χ2v) is 4.84. The van der Waals surface area contributed by atoms with Gasteiger partial charge in [0.25, 0.3) is 0 Å². The zero-order valence-corrected chi connectivity index (χ0v) is 12.2. The maximum absolute atomic E-state index is 6.17. The largest absolute Gasteiger partial charge is 0.354 e. The molecule has 1 aromatic heterocycles. The molecule has 0 fully saturated rings. The van der Waals surface area contributed by atoms with Gasteiger partial charge in [0.2, 0.25) is 5.95 Å². The van der Waals surface area contributed by atoms with Gasteiger partial charge in [0.15, 0.2) is 5.82 Å². The Morgan fingerprint density at radius 2 is 2.00 bits per heavy atom. The van der Waals surface area contributed by atoms with Gasteiger partial charge in [-0.25, -0.2) is 4.98 Å². The van der Waals surface area contributed by atoms with E-state index in [1.165, 1.54) is 0 Å². The van der Waals surface area contributed by atoms with E-state index in [9.17, 15) is 0 Å². The molecule has 1 aromatic carbocycles. The average Bonchev–Trinajstić information content (AvgIpc) is 2.37. The van der Waals surface area contributed by atoms with Gasteiger partial charge in [0.1, 0.15) is 5.02 Å². The van der Waals surface area contributed by atoms with Crippen LogP contribution >= 0.6 is 23.2 Å². The van der Waals surface area contributed by atoms with Gasteiger partial charge < -0.3 is 10.6 Å². The molecule has 0 aliphatic carbocycles. The third kappa shape index (κ3) is 3.49. The number of aromatic nitrogens is 2. The van der Waals surface area contributed by atoms with E-state index in [0.717, 1.165) is 17.8 Å². The van der Waals surface area contributed by atoms with Gasteiger partial charge >= 0.3 is 0 Å². The van der Waals surface area contributed by atoms with E-state index in [1.807, 2.05) is 32.0 Å². The van der Waals surface area contributed by atoms with Crippen LogP contribution in [0.4, 0.5) is 17.5 Å². The molecule has 4 nitrogen and oxygen atoms in total. The van der Waals surface area contributed by atoms with Gasteiger partial charge in [0.05, 0.1) is 16.9 Å². The molecule has 2 aromatic rings. The van der Waals surface area contributed by atoms with Crippen LogP contribution in [-0.4, -0.2) is 16.5 Å². The predicted octanol–water partition coefficient (Wildman–Crippen LogP) is 4.27. The van der Waals surface area contributed by atoms with Crippen molar-refractivity contribution in [1.29, 1.82) is 0 Å². The fraction of sp³-hybridized carbons (Fsp3) is 0.231. The van der Waals surface area contributed by atoms with Crippen LogP contribution in [0.2, 0.25) is 10.0 Å². The van der Waals surface area contributed by atoms with Gasteiger partial charge in [-0.3, -0.25) is 0 Å². The maximum atomic E-state index is 6.17. The zero-order chi connectivity index (χ0) is 13.8. The lowest BCUT2D eigenvalue weighted by Gasteiger charge is -2.11. The normalized spacial score (nSPS) is 10.3. The highest BCUT2D eigenvalue weighted by atomic mass is 35.5. The third-order valence-corrected chi connectivity index (χ3v) is 3.05. The Morgan fingerprint density at radius 3 is 2.68 bits per heavy atom. The van der Waals surface area contributed by atoms with Crippen molar-refractivity contribution < 1.29 is 0 Å². The first-order chi connectivity index (χ1) is 9.10. The molecule has 0 radical (unpaired) electrons. The van der Waals surface area contributed by atoms with Crippen molar-refractivity contribution in [3.8, 4) is 0 Å². The second-order valence-electron chi connectivity index (χ2n) is 4.03. The van der Waals surface area contributed by atoms with Crippen LogP contribution in [0.5, 0.6) is 0 Å². The first-order valence-electron chi connectivity index (χ1n) is 5.89. The number of rotatable bonds is 4. The van der Waals surface area contributed by atoms with Crippen molar-refractivity contribution in [3.05, 3.63) is 40.0 Å². The third-order valence-electron chi connectivity index (χ3n) is 2.46. The molecular formula is C13H14Cl2N4. The molecule has 1 heterocycles. The Kier molecular flexibility index (Phi) is 4.45. The molecule has 0 aliphatic heterocycles. The monoisotopic (exact) mass is 296 g/mol. The summed E-state index contributed by atoms with van der Waals surface area (Å²) in [6.45, 7) is 4.70. The van der Waals surface area contributed by atoms with E-state index < -0.39 is 0 Å². The molecule has 6 heteroatoms. The van der Waals surface area contributed by atoms with Crippen molar-refractivity contribution in [2.75, 3.05) is 17.2 Å². The number of aryl methyl sites for hydroxylation is 1. The molecule has 19 heavy (non-hydrogen) atoms. The standard InChI is InChI=1S/C13H14Cl2N4/c1-3-16-13-17-7-10(15)12(19-13)18-11-5-4-8(2)6-9(11)14/h4-7H,3H2,1-2H3,(H2,16,17,18,19). The SMILES string of the molecule is CCNc1ncc(Cl)c(Nc2ccc(C)cc2Cl)n1. The van der Waals surface area contributed by atoms with E-state index in [1.54, 1.807) is 6.20 Å². The summed E-state index contributed by atoms with van der Waals surface area (Å²) in [5.74, 6) is 1.05. The summed E-state index contributed by atoms with van der Waals surface area (Å²) in [6, 6.07) is 5.74. The first kappa shape index (κ1) is 13.9. The van der Waals surface area contributed by atoms with E-state index in [2.05, 4.69) is 20.6 Å². The molecule has 2 N–H and O–H groups in total. The number of halogens is 2. The van der Waals surface area contributed by atoms with Gasteiger partial charge in [-0.2, -0.15) is 4.98 Å². The summed E-state index contributed by atoms with van der Waals surface area (Å²) in [7, 11) is 0. The lowest BCUT2D eigenvalue weighted by molar-refractivity contribution is 1.09. The highest BCUT2D eigenvalue weighted by molar-refractivity contribution is 6.34. The Hall–Kier alpha value is -1.52. The first-order valence-corrected chi connectivity index (χ1v) is 6.65. The average molecular weight is 297 g/mol. The molecule has 0 saturated heterocycles. The number of anilines is 3. The fourth-order valence-electron chi connectivity index (χ4n) is 1.55. The number of nitrogens with zero attached hydrogens (tertiary/aromatic N) is 2. The molecule has 0 bridgehead atoms. The highest BCUT2D eigenvalue weighted by Gasteiger charge is 2.07. The van der Waals surface area contributed by atoms with E-state index in [-0.39, 0.29) is 0 Å². The summed E-state index contributed by atoms with van der Waals surface area (Å²) in [6.07, 6.45) is 1.55. The molecular weight excluding hydrogens is 283 g/mol. The van der Waals surface area contributed by atoms with Crippen LogP contribution in [0.15, 0.2) is 24.4 Å². The topological polar surface area (TPSA) is 49.8 Å². The van der Waals surface area contributed by atoms with Crippen molar-refractivity contribution in [2.24, 2.45) is 0 Å². The lowest BCUT2D eigenvalue weighted by Crippen LogP contribution is -2.04. The predicted molar refractivity (Wildman–Crippen MR) is 80.7 cm³/mol. The minimum absolute atomic E-state index is 0.443. The lowest BCUT2D eigenvalue weighted by atomic mass is 10.2. The summed E-state index contributed by atoms with van der Waals surface area (Å²) in [4.78, 5) is 8.38. The number of hydrogen-bond acceptors (Lipinski definition) is 4. The van der Waals surface area contributed by atoms with Crippen LogP contribution in [0.3, 0.4) is 0 Å². The van der Waals surface area contributed by atoms with Crippen molar-refractivity contribution in [1.82, 2.24) is 9.97 Å². The van der Waals surface area contributed by atoms with E-state index in [0.29, 0.717) is 21.8 Å².